The van der Waals surface area contributed by atoms with Crippen LogP contribution in [0.4, 0.5) is 17.6 Å². The maximum atomic E-state index is 13.9. The highest BCUT2D eigenvalue weighted by Crippen LogP contribution is 2.41. The largest absolute Gasteiger partial charge is 0.416 e. The molecule has 4 aromatic rings. The zero-order valence-electron chi connectivity index (χ0n) is 22.8. The number of carbonyl (C=O) groups excluding carboxylic acids is 1. The minimum atomic E-state index is -4.36. The number of aryl methyl sites for hydroxylation is 2. The molecule has 11 heteroatoms. The standard InChI is InChI=1S/C30H33F4N5OS/c1-19-18-39(37-27(19)21-3-5-22(6-4-21)30(32,33)34)14-2-13-38-15-9-20(10-16-38)26-24-8-7-23(31)17-25(24)41-28(26)29(40)36-12-11-35/h3-8,17-18,20H,2,9-16,35H2,1H3,(H,36,40). The zero-order valence-corrected chi connectivity index (χ0v) is 23.6. The van der Waals surface area contributed by atoms with Crippen LogP contribution in [0, 0.1) is 12.7 Å². The molecule has 0 unspecified atom stereocenters. The number of likely N-dealkylation sites (tertiary alicyclic amines) is 1. The van der Waals surface area contributed by atoms with E-state index in [-0.39, 0.29) is 17.6 Å². The van der Waals surface area contributed by atoms with Gasteiger partial charge in [0, 0.05) is 36.1 Å². The number of thiophene rings is 1. The van der Waals surface area contributed by atoms with Crippen molar-refractivity contribution in [2.45, 2.75) is 44.8 Å². The van der Waals surface area contributed by atoms with Crippen molar-refractivity contribution < 1.29 is 22.4 Å². The molecule has 3 heterocycles. The summed E-state index contributed by atoms with van der Waals surface area (Å²) in [6, 6.07) is 9.84. The molecule has 5 rings (SSSR count). The van der Waals surface area contributed by atoms with Crippen molar-refractivity contribution in [3.05, 3.63) is 76.0 Å². The third-order valence-corrected chi connectivity index (χ3v) is 8.78. The van der Waals surface area contributed by atoms with Gasteiger partial charge in [-0.1, -0.05) is 18.2 Å². The average Bonchev–Trinajstić information content (AvgIpc) is 3.51. The fourth-order valence-electron chi connectivity index (χ4n) is 5.57. The number of fused-ring (bicyclic) bond motifs is 1. The Kier molecular flexibility index (Phi) is 8.77. The lowest BCUT2D eigenvalue weighted by Crippen LogP contribution is -2.35. The van der Waals surface area contributed by atoms with E-state index in [4.69, 9.17) is 5.73 Å². The quantitative estimate of drug-likeness (QED) is 0.229. The Labute approximate surface area is 240 Å². The van der Waals surface area contributed by atoms with Gasteiger partial charge in [0.05, 0.1) is 16.1 Å². The second-order valence-electron chi connectivity index (χ2n) is 10.5. The van der Waals surface area contributed by atoms with Crippen LogP contribution in [0.15, 0.2) is 48.7 Å². The van der Waals surface area contributed by atoms with Crippen molar-refractivity contribution >= 4 is 27.3 Å². The predicted molar refractivity (Wildman–Crippen MR) is 154 cm³/mol. The molecule has 1 aliphatic heterocycles. The number of benzene rings is 2. The van der Waals surface area contributed by atoms with Crippen LogP contribution >= 0.6 is 11.3 Å². The molecule has 1 amide bonds. The lowest BCUT2D eigenvalue weighted by molar-refractivity contribution is -0.137. The molecule has 2 aromatic carbocycles. The van der Waals surface area contributed by atoms with Gasteiger partial charge in [-0.15, -0.1) is 11.3 Å². The number of hydrogen-bond acceptors (Lipinski definition) is 5. The van der Waals surface area contributed by atoms with Crippen LogP contribution in [0.2, 0.25) is 0 Å². The molecule has 2 aromatic heterocycles. The monoisotopic (exact) mass is 587 g/mol. The molecule has 0 radical (unpaired) electrons. The number of carbonyl (C=O) groups is 1. The first kappa shape index (κ1) is 29.2. The van der Waals surface area contributed by atoms with Crippen LogP contribution in [-0.2, 0) is 12.7 Å². The van der Waals surface area contributed by atoms with Crippen LogP contribution < -0.4 is 11.1 Å². The SMILES string of the molecule is Cc1cn(CCCN2CCC(c3c(C(=O)NCCN)sc4cc(F)ccc34)CC2)nc1-c1ccc(C(F)(F)F)cc1. The maximum Gasteiger partial charge on any atom is 0.416 e. The number of rotatable bonds is 9. The van der Waals surface area contributed by atoms with Crippen molar-refractivity contribution in [1.82, 2.24) is 20.0 Å². The summed E-state index contributed by atoms with van der Waals surface area (Å²) in [7, 11) is 0. The third kappa shape index (κ3) is 6.63. The summed E-state index contributed by atoms with van der Waals surface area (Å²) >= 11 is 1.34. The Hall–Kier alpha value is -3.28. The van der Waals surface area contributed by atoms with Gasteiger partial charge in [-0.05, 0) is 92.5 Å². The Morgan fingerprint density at radius 2 is 1.85 bits per heavy atom. The molecular formula is C30H33F4N5OS. The van der Waals surface area contributed by atoms with Gasteiger partial charge in [0.1, 0.15) is 5.82 Å². The van der Waals surface area contributed by atoms with Crippen molar-refractivity contribution in [3.8, 4) is 11.3 Å². The van der Waals surface area contributed by atoms with E-state index >= 15 is 0 Å². The number of halogens is 4. The van der Waals surface area contributed by atoms with Crippen molar-refractivity contribution in [2.24, 2.45) is 5.73 Å². The molecule has 0 bridgehead atoms. The zero-order chi connectivity index (χ0) is 29.1. The van der Waals surface area contributed by atoms with Crippen LogP contribution in [0.5, 0.6) is 0 Å². The highest BCUT2D eigenvalue weighted by atomic mass is 32.1. The van der Waals surface area contributed by atoms with Gasteiger partial charge >= 0.3 is 6.18 Å². The summed E-state index contributed by atoms with van der Waals surface area (Å²) < 4.78 is 55.3. The van der Waals surface area contributed by atoms with E-state index in [0.29, 0.717) is 35.8 Å². The molecule has 1 saturated heterocycles. The second-order valence-corrected chi connectivity index (χ2v) is 11.6. The smallest absolute Gasteiger partial charge is 0.350 e. The number of amides is 1. The number of nitrogens with zero attached hydrogens (tertiary/aromatic N) is 3. The summed E-state index contributed by atoms with van der Waals surface area (Å²) in [5.74, 6) is -0.253. The Morgan fingerprint density at radius 3 is 2.54 bits per heavy atom. The fraction of sp³-hybridized carbons (Fsp3) is 0.400. The van der Waals surface area contributed by atoms with Gasteiger partial charge in [0.2, 0.25) is 0 Å². The molecule has 0 atom stereocenters. The molecule has 6 nitrogen and oxygen atoms in total. The van der Waals surface area contributed by atoms with E-state index in [1.165, 1.54) is 35.6 Å². The number of nitrogens with two attached hydrogens (primary N) is 1. The van der Waals surface area contributed by atoms with Crippen LogP contribution in [0.25, 0.3) is 21.3 Å². The molecule has 1 fully saturated rings. The van der Waals surface area contributed by atoms with Gasteiger partial charge in [-0.25, -0.2) is 4.39 Å². The van der Waals surface area contributed by atoms with Gasteiger partial charge < -0.3 is 16.0 Å². The normalized spacial score (nSPS) is 15.1. The van der Waals surface area contributed by atoms with E-state index in [9.17, 15) is 22.4 Å². The van der Waals surface area contributed by atoms with E-state index in [1.807, 2.05) is 17.8 Å². The topological polar surface area (TPSA) is 76.2 Å². The van der Waals surface area contributed by atoms with Crippen molar-refractivity contribution in [1.29, 1.82) is 0 Å². The molecule has 0 spiro atoms. The Morgan fingerprint density at radius 1 is 1.12 bits per heavy atom. The number of hydrogen-bond donors (Lipinski definition) is 2. The number of alkyl halides is 3. The minimum Gasteiger partial charge on any atom is -0.350 e. The first-order valence-electron chi connectivity index (χ1n) is 13.8. The van der Waals surface area contributed by atoms with Gasteiger partial charge in [-0.2, -0.15) is 18.3 Å². The van der Waals surface area contributed by atoms with Crippen LogP contribution in [-0.4, -0.2) is 53.3 Å². The molecule has 0 aliphatic carbocycles. The molecule has 218 valence electrons. The minimum absolute atomic E-state index is 0.153. The van der Waals surface area contributed by atoms with E-state index in [1.54, 1.807) is 6.07 Å². The van der Waals surface area contributed by atoms with Crippen LogP contribution in [0.3, 0.4) is 0 Å². The Balaban J connectivity index is 1.18. The molecule has 41 heavy (non-hydrogen) atoms. The Bertz CT molecular complexity index is 1500. The third-order valence-electron chi connectivity index (χ3n) is 7.61. The first-order valence-corrected chi connectivity index (χ1v) is 14.6. The molecule has 1 aliphatic rings. The van der Waals surface area contributed by atoms with Crippen LogP contribution in [0.1, 0.15) is 51.5 Å². The predicted octanol–water partition coefficient (Wildman–Crippen LogP) is 6.19. The second kappa shape index (κ2) is 12.3. The molecular weight excluding hydrogens is 554 g/mol. The summed E-state index contributed by atoms with van der Waals surface area (Å²) in [6.45, 7) is 6.03. The molecule has 0 saturated carbocycles. The average molecular weight is 588 g/mol. The summed E-state index contributed by atoms with van der Waals surface area (Å²) in [4.78, 5) is 16.0. The summed E-state index contributed by atoms with van der Waals surface area (Å²) in [5.41, 5.74) is 8.18. The summed E-state index contributed by atoms with van der Waals surface area (Å²) in [6.07, 6.45) is 0.255. The highest BCUT2D eigenvalue weighted by molar-refractivity contribution is 7.21. The van der Waals surface area contributed by atoms with Gasteiger partial charge in [0.25, 0.3) is 5.91 Å². The highest BCUT2D eigenvalue weighted by Gasteiger charge is 2.30. The number of nitrogens with one attached hydrogen (secondary N) is 1. The van der Waals surface area contributed by atoms with E-state index in [2.05, 4.69) is 15.3 Å². The first-order chi connectivity index (χ1) is 19.6. The van der Waals surface area contributed by atoms with Crippen molar-refractivity contribution in [3.63, 3.8) is 0 Å². The van der Waals surface area contributed by atoms with E-state index in [0.717, 1.165) is 72.2 Å². The molecule has 3 N–H and O–H groups in total. The summed E-state index contributed by atoms with van der Waals surface area (Å²) in [5, 5.41) is 8.45. The number of aromatic nitrogens is 2. The number of piperidine rings is 1. The maximum absolute atomic E-state index is 13.9. The lowest BCUT2D eigenvalue weighted by Gasteiger charge is -2.32. The van der Waals surface area contributed by atoms with E-state index < -0.39 is 11.7 Å². The lowest BCUT2D eigenvalue weighted by atomic mass is 9.87. The fourth-order valence-corrected chi connectivity index (χ4v) is 6.80. The van der Waals surface area contributed by atoms with Gasteiger partial charge in [0.15, 0.2) is 0 Å². The van der Waals surface area contributed by atoms with Crippen molar-refractivity contribution in [2.75, 3.05) is 32.7 Å². The van der Waals surface area contributed by atoms with Gasteiger partial charge in [-0.3, -0.25) is 9.48 Å².